The second-order valence-electron chi connectivity index (χ2n) is 5.49. The fraction of sp³-hybridized carbons (Fsp3) is 0.368. The standard InChI is InChI=1S/C19H22O5/c1-4-10-22-18(20)15-12-24-17(14-8-6-13(3)7-9-14)16(15)19(21)23-11-5-2/h6-9,12H,4-5,10-11H2,1-3H3. The summed E-state index contributed by atoms with van der Waals surface area (Å²) in [4.78, 5) is 24.6. The minimum atomic E-state index is -0.581. The number of ether oxygens (including phenoxy) is 2. The van der Waals surface area contributed by atoms with E-state index in [9.17, 15) is 9.59 Å². The van der Waals surface area contributed by atoms with Crippen LogP contribution in [0.5, 0.6) is 0 Å². The highest BCUT2D eigenvalue weighted by Gasteiger charge is 2.28. The normalized spacial score (nSPS) is 10.5. The predicted molar refractivity (Wildman–Crippen MR) is 90.0 cm³/mol. The lowest BCUT2D eigenvalue weighted by Crippen LogP contribution is -2.13. The lowest BCUT2D eigenvalue weighted by molar-refractivity contribution is 0.0460. The zero-order chi connectivity index (χ0) is 17.5. The molecule has 1 aromatic carbocycles. The lowest BCUT2D eigenvalue weighted by atomic mass is 10.0. The molecule has 24 heavy (non-hydrogen) atoms. The Bertz CT molecular complexity index is 697. The molecule has 0 spiro atoms. The highest BCUT2D eigenvalue weighted by Crippen LogP contribution is 2.30. The first-order valence-electron chi connectivity index (χ1n) is 8.11. The van der Waals surface area contributed by atoms with E-state index < -0.39 is 11.9 Å². The second kappa shape index (κ2) is 8.34. The number of hydrogen-bond acceptors (Lipinski definition) is 5. The number of furan rings is 1. The molecule has 128 valence electrons. The summed E-state index contributed by atoms with van der Waals surface area (Å²) in [5, 5.41) is 0. The Kier molecular flexibility index (Phi) is 6.18. The molecule has 2 aromatic rings. The molecule has 0 fully saturated rings. The molecular formula is C19H22O5. The van der Waals surface area contributed by atoms with E-state index in [1.165, 1.54) is 6.26 Å². The maximum atomic E-state index is 12.4. The van der Waals surface area contributed by atoms with Crippen molar-refractivity contribution in [2.45, 2.75) is 33.6 Å². The van der Waals surface area contributed by atoms with Gasteiger partial charge in [0.15, 0.2) is 0 Å². The molecule has 1 heterocycles. The van der Waals surface area contributed by atoms with E-state index in [-0.39, 0.29) is 24.3 Å². The van der Waals surface area contributed by atoms with E-state index in [1.807, 2.05) is 45.0 Å². The number of carbonyl (C=O) groups excluding carboxylic acids is 2. The average molecular weight is 330 g/mol. The van der Waals surface area contributed by atoms with Gasteiger partial charge in [-0.1, -0.05) is 43.7 Å². The van der Waals surface area contributed by atoms with Gasteiger partial charge in [0.1, 0.15) is 23.2 Å². The Balaban J connectivity index is 2.43. The summed E-state index contributed by atoms with van der Waals surface area (Å²) in [6.07, 6.45) is 2.65. The van der Waals surface area contributed by atoms with Crippen LogP contribution in [0.4, 0.5) is 0 Å². The molecule has 5 nitrogen and oxygen atoms in total. The molecule has 0 bridgehead atoms. The van der Waals surface area contributed by atoms with Crippen molar-refractivity contribution in [1.82, 2.24) is 0 Å². The van der Waals surface area contributed by atoms with Crippen molar-refractivity contribution >= 4 is 11.9 Å². The van der Waals surface area contributed by atoms with Crippen molar-refractivity contribution in [3.63, 3.8) is 0 Å². The Morgan fingerprint density at radius 1 is 0.958 bits per heavy atom. The molecule has 5 heteroatoms. The Morgan fingerprint density at radius 3 is 2.12 bits per heavy atom. The highest BCUT2D eigenvalue weighted by atomic mass is 16.5. The molecule has 0 saturated carbocycles. The Hall–Kier alpha value is -2.56. The van der Waals surface area contributed by atoms with Gasteiger partial charge in [-0.05, 0) is 19.8 Å². The fourth-order valence-corrected chi connectivity index (χ4v) is 2.17. The highest BCUT2D eigenvalue weighted by molar-refractivity contribution is 6.07. The van der Waals surface area contributed by atoms with Crippen LogP contribution in [-0.4, -0.2) is 25.2 Å². The van der Waals surface area contributed by atoms with Crippen LogP contribution in [0, 0.1) is 6.92 Å². The van der Waals surface area contributed by atoms with E-state index in [0.717, 1.165) is 5.56 Å². The Morgan fingerprint density at radius 2 is 1.54 bits per heavy atom. The van der Waals surface area contributed by atoms with Gasteiger partial charge in [0.2, 0.25) is 0 Å². The van der Waals surface area contributed by atoms with Gasteiger partial charge in [0.05, 0.1) is 13.2 Å². The molecule has 0 aliphatic rings. The lowest BCUT2D eigenvalue weighted by Gasteiger charge is -2.07. The monoisotopic (exact) mass is 330 g/mol. The van der Waals surface area contributed by atoms with Crippen LogP contribution < -0.4 is 0 Å². The van der Waals surface area contributed by atoms with E-state index in [4.69, 9.17) is 13.9 Å². The average Bonchev–Trinajstić information content (AvgIpc) is 3.03. The topological polar surface area (TPSA) is 65.7 Å². The number of benzene rings is 1. The molecule has 0 amide bonds. The van der Waals surface area contributed by atoms with Crippen LogP contribution in [0.2, 0.25) is 0 Å². The first kappa shape index (κ1) is 17.8. The van der Waals surface area contributed by atoms with Gasteiger partial charge in [-0.3, -0.25) is 0 Å². The first-order chi connectivity index (χ1) is 11.6. The van der Waals surface area contributed by atoms with Gasteiger partial charge >= 0.3 is 11.9 Å². The van der Waals surface area contributed by atoms with Gasteiger partial charge in [0.25, 0.3) is 0 Å². The maximum Gasteiger partial charge on any atom is 0.342 e. The van der Waals surface area contributed by atoms with Crippen molar-refractivity contribution in [2.24, 2.45) is 0 Å². The van der Waals surface area contributed by atoms with Crippen LogP contribution in [0.3, 0.4) is 0 Å². The van der Waals surface area contributed by atoms with Gasteiger partial charge in [-0.2, -0.15) is 0 Å². The first-order valence-corrected chi connectivity index (χ1v) is 8.11. The minimum Gasteiger partial charge on any atom is -0.462 e. The van der Waals surface area contributed by atoms with Crippen LogP contribution in [-0.2, 0) is 9.47 Å². The largest absolute Gasteiger partial charge is 0.462 e. The van der Waals surface area contributed by atoms with Gasteiger partial charge in [-0.25, -0.2) is 9.59 Å². The van der Waals surface area contributed by atoms with Crippen LogP contribution >= 0.6 is 0 Å². The van der Waals surface area contributed by atoms with Gasteiger partial charge in [-0.15, -0.1) is 0 Å². The molecule has 1 aromatic heterocycles. The quantitative estimate of drug-likeness (QED) is 0.704. The summed E-state index contributed by atoms with van der Waals surface area (Å²) in [6.45, 7) is 6.33. The summed E-state index contributed by atoms with van der Waals surface area (Å²) in [6, 6.07) is 7.50. The summed E-state index contributed by atoms with van der Waals surface area (Å²) < 4.78 is 15.9. The Labute approximate surface area is 141 Å². The van der Waals surface area contributed by atoms with Crippen LogP contribution in [0.25, 0.3) is 11.3 Å². The number of aryl methyl sites for hydroxylation is 1. The van der Waals surface area contributed by atoms with Crippen LogP contribution in [0.1, 0.15) is 53.0 Å². The zero-order valence-corrected chi connectivity index (χ0v) is 14.3. The molecule has 2 rings (SSSR count). The SMILES string of the molecule is CCCOC(=O)c1coc(-c2ccc(C)cc2)c1C(=O)OCCC. The van der Waals surface area contributed by atoms with Crippen molar-refractivity contribution < 1.29 is 23.5 Å². The van der Waals surface area contributed by atoms with Crippen molar-refractivity contribution in [1.29, 1.82) is 0 Å². The number of rotatable bonds is 7. The summed E-state index contributed by atoms with van der Waals surface area (Å²) >= 11 is 0. The van der Waals surface area contributed by atoms with Gasteiger partial charge in [0, 0.05) is 5.56 Å². The number of esters is 2. The third-order valence-corrected chi connectivity index (χ3v) is 3.40. The smallest absolute Gasteiger partial charge is 0.342 e. The fourth-order valence-electron chi connectivity index (χ4n) is 2.17. The number of carbonyl (C=O) groups is 2. The molecule has 0 radical (unpaired) electrons. The van der Waals surface area contributed by atoms with Crippen molar-refractivity contribution in [3.05, 3.63) is 47.2 Å². The van der Waals surface area contributed by atoms with Gasteiger partial charge < -0.3 is 13.9 Å². The summed E-state index contributed by atoms with van der Waals surface area (Å²) in [5.74, 6) is -0.841. The third-order valence-electron chi connectivity index (χ3n) is 3.40. The van der Waals surface area contributed by atoms with E-state index in [2.05, 4.69) is 0 Å². The number of hydrogen-bond donors (Lipinski definition) is 0. The predicted octanol–water partition coefficient (Wildman–Crippen LogP) is 4.39. The van der Waals surface area contributed by atoms with Crippen molar-refractivity contribution in [3.8, 4) is 11.3 Å². The second-order valence-corrected chi connectivity index (χ2v) is 5.49. The molecule has 0 unspecified atom stereocenters. The molecule has 0 aliphatic heterocycles. The molecule has 0 atom stereocenters. The van der Waals surface area contributed by atoms with E-state index in [0.29, 0.717) is 24.2 Å². The molecule has 0 saturated heterocycles. The van der Waals surface area contributed by atoms with E-state index in [1.54, 1.807) is 0 Å². The molecule has 0 N–H and O–H groups in total. The molecular weight excluding hydrogens is 308 g/mol. The third kappa shape index (κ3) is 4.04. The maximum absolute atomic E-state index is 12.4. The summed E-state index contributed by atoms with van der Waals surface area (Å²) in [7, 11) is 0. The van der Waals surface area contributed by atoms with Crippen LogP contribution in [0.15, 0.2) is 34.9 Å². The molecule has 0 aliphatic carbocycles. The minimum absolute atomic E-state index is 0.0973. The zero-order valence-electron chi connectivity index (χ0n) is 14.3. The van der Waals surface area contributed by atoms with E-state index >= 15 is 0 Å². The van der Waals surface area contributed by atoms with Crippen molar-refractivity contribution in [2.75, 3.05) is 13.2 Å². The summed E-state index contributed by atoms with van der Waals surface area (Å²) in [5.41, 5.74) is 2.01.